The van der Waals surface area contributed by atoms with Gasteiger partial charge in [-0.25, -0.2) is 4.99 Å². The third kappa shape index (κ3) is 3.91. The van der Waals surface area contributed by atoms with Gasteiger partial charge in [0.15, 0.2) is 5.17 Å². The van der Waals surface area contributed by atoms with Gasteiger partial charge in [0.05, 0.1) is 11.9 Å². The molecule has 2 N–H and O–H groups in total. The van der Waals surface area contributed by atoms with E-state index in [4.69, 9.17) is 5.73 Å². The molecule has 0 fully saturated rings. The van der Waals surface area contributed by atoms with Crippen LogP contribution < -0.4 is 5.73 Å². The summed E-state index contributed by atoms with van der Waals surface area (Å²) >= 11 is 1.42. The van der Waals surface area contributed by atoms with Gasteiger partial charge in [-0.3, -0.25) is 4.98 Å². The summed E-state index contributed by atoms with van der Waals surface area (Å²) in [7, 11) is 0. The van der Waals surface area contributed by atoms with Gasteiger partial charge in [-0.2, -0.15) is 0 Å². The molecule has 0 aliphatic rings. The highest BCUT2D eigenvalue weighted by molar-refractivity contribution is 14.0. The summed E-state index contributed by atoms with van der Waals surface area (Å²) in [6.45, 7) is 0. The lowest BCUT2D eigenvalue weighted by molar-refractivity contribution is 1.30. The minimum Gasteiger partial charge on any atom is -0.378 e. The topological polar surface area (TPSA) is 51.3 Å². The van der Waals surface area contributed by atoms with Crippen molar-refractivity contribution in [2.24, 2.45) is 10.7 Å². The Morgan fingerprint density at radius 1 is 1.67 bits per heavy atom. The van der Waals surface area contributed by atoms with E-state index in [9.17, 15) is 0 Å². The second-order valence-corrected chi connectivity index (χ2v) is 2.69. The van der Waals surface area contributed by atoms with Crippen molar-refractivity contribution in [2.45, 2.75) is 0 Å². The van der Waals surface area contributed by atoms with Gasteiger partial charge >= 0.3 is 0 Å². The van der Waals surface area contributed by atoms with Crippen molar-refractivity contribution in [3.8, 4) is 0 Å². The monoisotopic (exact) mass is 295 g/mol. The molecule has 0 aliphatic carbocycles. The van der Waals surface area contributed by atoms with Crippen LogP contribution in [0.2, 0.25) is 0 Å². The Morgan fingerprint density at radius 3 is 2.92 bits per heavy atom. The Morgan fingerprint density at radius 2 is 2.42 bits per heavy atom. The molecule has 5 heteroatoms. The number of nitrogens with zero attached hydrogens (tertiary/aromatic N) is 2. The third-order valence-corrected chi connectivity index (χ3v) is 1.60. The Balaban J connectivity index is 0.00000121. The predicted molar refractivity (Wildman–Crippen MR) is 64.4 cm³/mol. The lowest BCUT2D eigenvalue weighted by Gasteiger charge is -1.93. The first-order chi connectivity index (χ1) is 5.33. The van der Waals surface area contributed by atoms with Crippen molar-refractivity contribution in [2.75, 3.05) is 6.26 Å². The highest BCUT2D eigenvalue weighted by Gasteiger charge is 1.88. The number of pyridine rings is 1. The number of halogens is 1. The minimum absolute atomic E-state index is 0. The molecular formula is C7H10IN3S. The van der Waals surface area contributed by atoms with Gasteiger partial charge in [0.2, 0.25) is 0 Å². The van der Waals surface area contributed by atoms with Crippen LogP contribution in [0.1, 0.15) is 0 Å². The molecule has 0 spiro atoms. The molecule has 1 aromatic rings. The number of rotatable bonds is 1. The molecule has 0 radical (unpaired) electrons. The molecule has 0 bridgehead atoms. The molecule has 1 aromatic heterocycles. The summed E-state index contributed by atoms with van der Waals surface area (Å²) in [5.41, 5.74) is 6.28. The van der Waals surface area contributed by atoms with Gasteiger partial charge in [0.25, 0.3) is 0 Å². The molecule has 0 amide bonds. The van der Waals surface area contributed by atoms with E-state index >= 15 is 0 Å². The van der Waals surface area contributed by atoms with E-state index in [-0.39, 0.29) is 24.0 Å². The molecular weight excluding hydrogens is 285 g/mol. The maximum Gasteiger partial charge on any atom is 0.158 e. The summed E-state index contributed by atoms with van der Waals surface area (Å²) in [6.07, 6.45) is 5.26. The lowest BCUT2D eigenvalue weighted by atomic mass is 10.4. The molecule has 0 unspecified atom stereocenters. The number of thioether (sulfide) groups is 1. The first-order valence-corrected chi connectivity index (χ1v) is 4.33. The standard InChI is InChI=1S/C7H9N3S.HI/c1-11-7(8)10-6-3-2-4-9-5-6;/h2-5H,1H3,(H2,8,10);1H. The quantitative estimate of drug-likeness (QED) is 0.490. The molecule has 0 aliphatic heterocycles. The maximum absolute atomic E-state index is 5.49. The zero-order valence-corrected chi connectivity index (χ0v) is 9.74. The van der Waals surface area contributed by atoms with Crippen LogP contribution in [0, 0.1) is 0 Å². The van der Waals surface area contributed by atoms with Crippen LogP contribution in [-0.2, 0) is 0 Å². The van der Waals surface area contributed by atoms with E-state index in [2.05, 4.69) is 9.98 Å². The predicted octanol–water partition coefficient (Wildman–Crippen LogP) is 2.01. The summed E-state index contributed by atoms with van der Waals surface area (Å²) in [4.78, 5) is 7.97. The van der Waals surface area contributed by atoms with Gasteiger partial charge in [0.1, 0.15) is 0 Å². The molecule has 0 aromatic carbocycles. The molecule has 0 saturated heterocycles. The zero-order chi connectivity index (χ0) is 8.10. The smallest absolute Gasteiger partial charge is 0.158 e. The minimum atomic E-state index is 0. The summed E-state index contributed by atoms with van der Waals surface area (Å²) < 4.78 is 0. The van der Waals surface area contributed by atoms with Crippen LogP contribution in [0.5, 0.6) is 0 Å². The fourth-order valence-electron chi connectivity index (χ4n) is 0.593. The Kier molecular flexibility index (Phi) is 6.09. The molecule has 0 atom stereocenters. The second kappa shape index (κ2) is 6.24. The molecule has 3 nitrogen and oxygen atoms in total. The van der Waals surface area contributed by atoms with E-state index in [0.29, 0.717) is 5.17 Å². The van der Waals surface area contributed by atoms with Crippen LogP contribution in [0.4, 0.5) is 5.69 Å². The van der Waals surface area contributed by atoms with Gasteiger partial charge in [-0.15, -0.1) is 24.0 Å². The molecule has 12 heavy (non-hydrogen) atoms. The number of amidine groups is 1. The van der Waals surface area contributed by atoms with Crippen molar-refractivity contribution in [3.05, 3.63) is 24.5 Å². The zero-order valence-electron chi connectivity index (χ0n) is 6.60. The molecule has 0 saturated carbocycles. The molecule has 66 valence electrons. The average Bonchev–Trinajstić information content (AvgIpc) is 2.06. The summed E-state index contributed by atoms with van der Waals surface area (Å²) in [5, 5.41) is 0.554. The highest BCUT2D eigenvalue weighted by atomic mass is 127. The van der Waals surface area contributed by atoms with Crippen LogP contribution in [-0.4, -0.2) is 16.4 Å². The first kappa shape index (κ1) is 11.7. The largest absolute Gasteiger partial charge is 0.378 e. The number of nitrogens with two attached hydrogens (primary N) is 1. The van der Waals surface area contributed by atoms with Gasteiger partial charge in [0, 0.05) is 6.20 Å². The highest BCUT2D eigenvalue weighted by Crippen LogP contribution is 2.09. The van der Waals surface area contributed by atoms with Crippen LogP contribution in [0.3, 0.4) is 0 Å². The molecule has 1 heterocycles. The van der Waals surface area contributed by atoms with E-state index < -0.39 is 0 Å². The number of aliphatic imine (C=N–C) groups is 1. The van der Waals surface area contributed by atoms with E-state index in [1.165, 1.54) is 11.8 Å². The van der Waals surface area contributed by atoms with Crippen LogP contribution in [0.15, 0.2) is 29.5 Å². The summed E-state index contributed by atoms with van der Waals surface area (Å²) in [5.74, 6) is 0. The third-order valence-electron chi connectivity index (χ3n) is 1.09. The van der Waals surface area contributed by atoms with E-state index in [1.54, 1.807) is 12.4 Å². The van der Waals surface area contributed by atoms with Crippen LogP contribution in [0.25, 0.3) is 0 Å². The Bertz CT molecular complexity index is 250. The Labute approximate surface area is 92.9 Å². The van der Waals surface area contributed by atoms with Gasteiger partial charge in [-0.05, 0) is 18.4 Å². The summed E-state index contributed by atoms with van der Waals surface area (Å²) in [6, 6.07) is 3.68. The number of hydrogen-bond acceptors (Lipinski definition) is 3. The fourth-order valence-corrected chi connectivity index (χ4v) is 0.789. The van der Waals surface area contributed by atoms with Crippen molar-refractivity contribution in [1.29, 1.82) is 0 Å². The Hall–Kier alpha value is -0.300. The lowest BCUT2D eigenvalue weighted by Crippen LogP contribution is -2.03. The maximum atomic E-state index is 5.49. The first-order valence-electron chi connectivity index (χ1n) is 3.11. The molecule has 1 rings (SSSR count). The van der Waals surface area contributed by atoms with Crippen LogP contribution >= 0.6 is 35.7 Å². The average molecular weight is 295 g/mol. The fraction of sp³-hybridized carbons (Fsp3) is 0.143. The van der Waals surface area contributed by atoms with Gasteiger partial charge < -0.3 is 5.73 Å². The van der Waals surface area contributed by atoms with Crippen molar-refractivity contribution in [1.82, 2.24) is 4.98 Å². The van der Waals surface area contributed by atoms with E-state index in [0.717, 1.165) is 5.69 Å². The number of aromatic nitrogens is 1. The van der Waals surface area contributed by atoms with Crippen molar-refractivity contribution >= 4 is 46.6 Å². The van der Waals surface area contributed by atoms with E-state index in [1.807, 2.05) is 18.4 Å². The number of hydrogen-bond donors (Lipinski definition) is 1. The SMILES string of the molecule is CSC(N)=Nc1cccnc1.I. The van der Waals surface area contributed by atoms with Gasteiger partial charge in [-0.1, -0.05) is 11.8 Å². The normalized spacial score (nSPS) is 10.6. The second-order valence-electron chi connectivity index (χ2n) is 1.87. The van der Waals surface area contributed by atoms with Crippen molar-refractivity contribution in [3.63, 3.8) is 0 Å². The van der Waals surface area contributed by atoms with Crippen molar-refractivity contribution < 1.29 is 0 Å².